The Morgan fingerprint density at radius 3 is 0.850 bits per heavy atom. The molecule has 3 N–H and O–H groups in total. The van der Waals surface area contributed by atoms with Gasteiger partial charge in [-0.1, -0.05) is 285 Å². The van der Waals surface area contributed by atoms with E-state index in [4.69, 9.17) is 37.0 Å². The molecule has 0 aliphatic carbocycles. The van der Waals surface area contributed by atoms with Crippen LogP contribution in [0.1, 0.15) is 323 Å². The highest BCUT2D eigenvalue weighted by Gasteiger charge is 2.30. The lowest BCUT2D eigenvalue weighted by Gasteiger charge is -2.21. The Morgan fingerprint density at radius 1 is 0.290 bits per heavy atom. The smallest absolute Gasteiger partial charge is 0.462 e. The van der Waals surface area contributed by atoms with Gasteiger partial charge < -0.3 is 33.8 Å². The Labute approximate surface area is 607 Å². The van der Waals surface area contributed by atoms with Crippen molar-refractivity contribution in [1.82, 2.24) is 0 Å². The van der Waals surface area contributed by atoms with Crippen molar-refractivity contribution < 1.29 is 80.2 Å². The summed E-state index contributed by atoms with van der Waals surface area (Å²) in [6, 6.07) is 0. The molecule has 0 aliphatic rings. The van der Waals surface area contributed by atoms with E-state index in [9.17, 15) is 43.2 Å². The van der Waals surface area contributed by atoms with Gasteiger partial charge in [-0.15, -0.1) is 0 Å². The van der Waals surface area contributed by atoms with Crippen LogP contribution >= 0.6 is 15.6 Å². The lowest BCUT2D eigenvalue weighted by Crippen LogP contribution is -2.30. The van der Waals surface area contributed by atoms with Crippen LogP contribution in [-0.4, -0.2) is 96.7 Å². The Hall–Kier alpha value is -4.28. The molecule has 0 saturated carbocycles. The van der Waals surface area contributed by atoms with Crippen LogP contribution in [0.2, 0.25) is 0 Å². The summed E-state index contributed by atoms with van der Waals surface area (Å²) in [5, 5.41) is 10.6. The molecule has 0 rings (SSSR count). The van der Waals surface area contributed by atoms with Gasteiger partial charge in [0.15, 0.2) is 12.2 Å². The Kier molecular flexibility index (Phi) is 69.9. The van der Waals surface area contributed by atoms with Gasteiger partial charge >= 0.3 is 39.5 Å². The molecule has 19 heteroatoms. The summed E-state index contributed by atoms with van der Waals surface area (Å²) in [4.78, 5) is 72.9. The zero-order valence-electron chi connectivity index (χ0n) is 62.8. The number of aliphatic hydroxyl groups is 1. The molecule has 0 spiro atoms. The van der Waals surface area contributed by atoms with Crippen LogP contribution < -0.4 is 0 Å². The third-order valence-corrected chi connectivity index (χ3v) is 18.1. The standard InChI is InChI=1S/C81H140O17P2/c1-5-9-13-17-21-25-29-32-35-37-40-43-47-50-54-58-62-66-79(84)92-72-77(98-81(86)68-64-60-56-52-48-44-41-38-36-33-30-26-22-18-14-10-6-2)74-96-100(89,90)94-70-75(82)69-93-99(87,88)95-73-76(97-80(85)67-63-59-55-51-45-28-24-20-16-12-8-4)71-91-78(83)65-61-57-53-49-46-42-39-34-31-27-23-19-15-11-7-3/h9-10,13-14,21-22,25-26,32-36,39-40,43,50,54,75-77,82H,5-8,11-12,15-20,23-24,27-31,37-38,41-42,44-49,51-53,55-74H2,1-4H3,(H,87,88)(H,89,90)/b13-9-,14-10-,25-21-,26-22-,35-32-,36-33-,39-34-,43-40-,54-50-. The van der Waals surface area contributed by atoms with Gasteiger partial charge in [0.05, 0.1) is 26.4 Å². The second kappa shape index (κ2) is 73.0. The van der Waals surface area contributed by atoms with Gasteiger partial charge in [-0.3, -0.25) is 37.3 Å². The largest absolute Gasteiger partial charge is 0.472 e. The van der Waals surface area contributed by atoms with Crippen molar-refractivity contribution in [2.24, 2.45) is 0 Å². The number of esters is 4. The summed E-state index contributed by atoms with van der Waals surface area (Å²) < 4.78 is 68.5. The first kappa shape index (κ1) is 95.7. The SMILES string of the molecule is CC/C=C\C/C=C\C/C=C\C/C=C\C/C=C\CCCC(=O)OCC(COP(=O)(O)OCC(O)COP(=O)(O)OCC(COC(=O)CCCCCCC/C=C\CCCCCCCC)OC(=O)CCCCCCCCCCCCC)OC(=O)CCCCCCCCC/C=C\C/C=C\C/C=C\CC. The van der Waals surface area contributed by atoms with Crippen LogP contribution in [-0.2, 0) is 65.4 Å². The molecule has 0 amide bonds. The van der Waals surface area contributed by atoms with E-state index in [1.54, 1.807) is 0 Å². The van der Waals surface area contributed by atoms with Crippen LogP contribution in [0.4, 0.5) is 0 Å². The molecule has 0 aromatic carbocycles. The van der Waals surface area contributed by atoms with E-state index >= 15 is 0 Å². The monoisotopic (exact) mass is 1450 g/mol. The molecule has 5 atom stereocenters. The van der Waals surface area contributed by atoms with Gasteiger partial charge in [0.25, 0.3) is 0 Å². The molecule has 576 valence electrons. The molecule has 0 saturated heterocycles. The minimum Gasteiger partial charge on any atom is -0.462 e. The normalized spacial score (nSPS) is 14.5. The second-order valence-electron chi connectivity index (χ2n) is 25.9. The molecule has 17 nitrogen and oxygen atoms in total. The van der Waals surface area contributed by atoms with Crippen molar-refractivity contribution in [2.75, 3.05) is 39.6 Å². The van der Waals surface area contributed by atoms with Crippen molar-refractivity contribution in [1.29, 1.82) is 0 Å². The molecule has 5 unspecified atom stereocenters. The van der Waals surface area contributed by atoms with Crippen LogP contribution in [0.15, 0.2) is 109 Å². The minimum absolute atomic E-state index is 0.0702. The Morgan fingerprint density at radius 2 is 0.530 bits per heavy atom. The van der Waals surface area contributed by atoms with E-state index in [0.29, 0.717) is 32.1 Å². The molecular weight excluding hydrogens is 1310 g/mol. The van der Waals surface area contributed by atoms with E-state index in [2.05, 4.69) is 125 Å². The first-order valence-corrected chi connectivity index (χ1v) is 42.1. The fourth-order valence-electron chi connectivity index (χ4n) is 10.3. The number of unbranched alkanes of at least 4 members (excludes halogenated alkanes) is 29. The maximum Gasteiger partial charge on any atom is 0.472 e. The van der Waals surface area contributed by atoms with E-state index in [-0.39, 0.29) is 25.7 Å². The molecule has 100 heavy (non-hydrogen) atoms. The summed E-state index contributed by atoms with van der Waals surface area (Å²) >= 11 is 0. The quantitative estimate of drug-likeness (QED) is 0.0169. The molecule has 0 aromatic rings. The fourth-order valence-corrected chi connectivity index (χ4v) is 11.9. The zero-order chi connectivity index (χ0) is 73.2. The van der Waals surface area contributed by atoms with Gasteiger partial charge in [-0.25, -0.2) is 9.13 Å². The van der Waals surface area contributed by atoms with Crippen molar-refractivity contribution in [3.8, 4) is 0 Å². The third kappa shape index (κ3) is 72.1. The predicted octanol–water partition coefficient (Wildman–Crippen LogP) is 22.6. The van der Waals surface area contributed by atoms with Gasteiger partial charge in [-0.05, 0) is 122 Å². The first-order chi connectivity index (χ1) is 48.7. The summed E-state index contributed by atoms with van der Waals surface area (Å²) in [7, 11) is -9.97. The first-order valence-electron chi connectivity index (χ1n) is 39.1. The van der Waals surface area contributed by atoms with E-state index in [0.717, 1.165) is 161 Å². The number of rotatable bonds is 73. The van der Waals surface area contributed by atoms with E-state index in [1.807, 2.05) is 12.2 Å². The Bertz CT molecular complexity index is 2320. The molecular formula is C81H140O17P2. The topological polar surface area (TPSA) is 237 Å². The molecule has 0 aromatic heterocycles. The van der Waals surface area contributed by atoms with Crippen molar-refractivity contribution in [3.05, 3.63) is 109 Å². The van der Waals surface area contributed by atoms with Gasteiger partial charge in [0, 0.05) is 25.7 Å². The predicted molar refractivity (Wildman–Crippen MR) is 408 cm³/mol. The fraction of sp³-hybridized carbons (Fsp3) is 0.728. The van der Waals surface area contributed by atoms with Crippen molar-refractivity contribution in [3.63, 3.8) is 0 Å². The number of aliphatic hydroxyl groups excluding tert-OH is 1. The van der Waals surface area contributed by atoms with Crippen LogP contribution in [0.3, 0.4) is 0 Å². The lowest BCUT2D eigenvalue weighted by atomic mass is 10.1. The highest BCUT2D eigenvalue weighted by Crippen LogP contribution is 2.45. The lowest BCUT2D eigenvalue weighted by molar-refractivity contribution is -0.161. The maximum atomic E-state index is 13.1. The molecule has 0 fully saturated rings. The summed E-state index contributed by atoms with van der Waals surface area (Å²) in [5.74, 6) is -2.25. The van der Waals surface area contributed by atoms with E-state index < -0.39 is 97.5 Å². The average Bonchev–Trinajstić information content (AvgIpc) is 1.00. The number of hydrogen-bond acceptors (Lipinski definition) is 15. The molecule has 0 bridgehead atoms. The van der Waals surface area contributed by atoms with Gasteiger partial charge in [0.1, 0.15) is 19.3 Å². The molecule has 0 heterocycles. The third-order valence-electron chi connectivity index (χ3n) is 16.2. The Balaban J connectivity index is 5.39. The number of ether oxygens (including phenoxy) is 4. The zero-order valence-corrected chi connectivity index (χ0v) is 64.6. The number of phosphoric acid groups is 2. The number of carbonyl (C=O) groups is 4. The second-order valence-corrected chi connectivity index (χ2v) is 28.8. The number of phosphoric ester groups is 2. The summed E-state index contributed by atoms with van der Waals surface area (Å²) in [5.41, 5.74) is 0. The number of carbonyl (C=O) groups excluding carboxylic acids is 4. The number of allylic oxidation sites excluding steroid dienone is 18. The van der Waals surface area contributed by atoms with Crippen LogP contribution in [0, 0.1) is 0 Å². The minimum atomic E-state index is -4.99. The molecule has 0 aliphatic heterocycles. The van der Waals surface area contributed by atoms with Crippen molar-refractivity contribution >= 4 is 39.5 Å². The van der Waals surface area contributed by atoms with E-state index in [1.165, 1.54) is 77.0 Å². The average molecular weight is 1450 g/mol. The van der Waals surface area contributed by atoms with Gasteiger partial charge in [-0.2, -0.15) is 0 Å². The number of hydrogen-bond donors (Lipinski definition) is 3. The van der Waals surface area contributed by atoms with Crippen molar-refractivity contribution in [2.45, 2.75) is 341 Å². The molecule has 0 radical (unpaired) electrons. The highest BCUT2D eigenvalue weighted by atomic mass is 31.2. The van der Waals surface area contributed by atoms with Crippen LogP contribution in [0.5, 0.6) is 0 Å². The maximum absolute atomic E-state index is 13.1. The highest BCUT2D eigenvalue weighted by molar-refractivity contribution is 7.47. The van der Waals surface area contributed by atoms with Gasteiger partial charge in [0.2, 0.25) is 0 Å². The van der Waals surface area contributed by atoms with Crippen LogP contribution in [0.25, 0.3) is 0 Å². The summed E-state index contributed by atoms with van der Waals surface area (Å²) in [6.45, 7) is 4.58. The summed E-state index contributed by atoms with van der Waals surface area (Å²) in [6.07, 6.45) is 78.0.